The second kappa shape index (κ2) is 8.94. The SMILES string of the molecule is O=C(CNC1CCCCC1)Nc1ccc(S(=O)(=O)N2CCOCC2)cc1. The number of amides is 1. The van der Waals surface area contributed by atoms with Crippen molar-refractivity contribution >= 4 is 21.6 Å². The smallest absolute Gasteiger partial charge is 0.243 e. The van der Waals surface area contributed by atoms with E-state index in [4.69, 9.17) is 4.74 Å². The number of rotatable bonds is 6. The van der Waals surface area contributed by atoms with Crippen LogP contribution in [0.4, 0.5) is 5.69 Å². The first-order valence-corrected chi connectivity index (χ1v) is 10.7. The lowest BCUT2D eigenvalue weighted by Gasteiger charge is -2.26. The molecule has 0 radical (unpaired) electrons. The fourth-order valence-corrected chi connectivity index (χ4v) is 4.80. The molecular formula is C18H27N3O4S. The van der Waals surface area contributed by atoms with Crippen molar-refractivity contribution in [3.8, 4) is 0 Å². The molecule has 1 saturated carbocycles. The van der Waals surface area contributed by atoms with E-state index in [-0.39, 0.29) is 17.3 Å². The molecule has 26 heavy (non-hydrogen) atoms. The topological polar surface area (TPSA) is 87.7 Å². The van der Waals surface area contributed by atoms with Crippen molar-refractivity contribution in [3.63, 3.8) is 0 Å². The van der Waals surface area contributed by atoms with E-state index < -0.39 is 10.0 Å². The molecular weight excluding hydrogens is 354 g/mol. The zero-order chi connectivity index (χ0) is 18.4. The van der Waals surface area contributed by atoms with Gasteiger partial charge in [-0.3, -0.25) is 4.79 Å². The second-order valence-electron chi connectivity index (χ2n) is 6.80. The first-order valence-electron chi connectivity index (χ1n) is 9.27. The molecule has 0 atom stereocenters. The van der Waals surface area contributed by atoms with Crippen molar-refractivity contribution < 1.29 is 17.9 Å². The van der Waals surface area contributed by atoms with Crippen LogP contribution >= 0.6 is 0 Å². The minimum Gasteiger partial charge on any atom is -0.379 e. The Balaban J connectivity index is 1.52. The Morgan fingerprint density at radius 2 is 1.73 bits per heavy atom. The number of benzene rings is 1. The van der Waals surface area contributed by atoms with Crippen LogP contribution in [0.5, 0.6) is 0 Å². The summed E-state index contributed by atoms with van der Waals surface area (Å²) < 4.78 is 31.8. The van der Waals surface area contributed by atoms with E-state index in [0.717, 1.165) is 12.8 Å². The van der Waals surface area contributed by atoms with Crippen molar-refractivity contribution in [2.75, 3.05) is 38.2 Å². The summed E-state index contributed by atoms with van der Waals surface area (Å²) >= 11 is 0. The van der Waals surface area contributed by atoms with Crippen molar-refractivity contribution in [1.82, 2.24) is 9.62 Å². The van der Waals surface area contributed by atoms with E-state index in [2.05, 4.69) is 10.6 Å². The van der Waals surface area contributed by atoms with Crippen LogP contribution in [0.3, 0.4) is 0 Å². The van der Waals surface area contributed by atoms with Gasteiger partial charge < -0.3 is 15.4 Å². The molecule has 144 valence electrons. The lowest BCUT2D eigenvalue weighted by atomic mass is 9.95. The van der Waals surface area contributed by atoms with Crippen LogP contribution < -0.4 is 10.6 Å². The molecule has 1 heterocycles. The highest BCUT2D eigenvalue weighted by molar-refractivity contribution is 7.89. The Hall–Kier alpha value is -1.48. The highest BCUT2D eigenvalue weighted by Gasteiger charge is 2.26. The average Bonchev–Trinajstić information content (AvgIpc) is 2.68. The third kappa shape index (κ3) is 5.03. The molecule has 1 amide bonds. The van der Waals surface area contributed by atoms with E-state index in [1.165, 1.54) is 35.7 Å². The number of ether oxygens (including phenoxy) is 1. The molecule has 0 aromatic heterocycles. The summed E-state index contributed by atoms with van der Waals surface area (Å²) in [6.45, 7) is 1.85. The number of hydrogen-bond donors (Lipinski definition) is 2. The van der Waals surface area contributed by atoms with Gasteiger partial charge in [-0.1, -0.05) is 19.3 Å². The maximum atomic E-state index is 12.6. The van der Waals surface area contributed by atoms with Gasteiger partial charge in [0.15, 0.2) is 0 Å². The molecule has 0 bridgehead atoms. The van der Waals surface area contributed by atoms with Crippen molar-refractivity contribution in [2.45, 2.75) is 43.0 Å². The average molecular weight is 381 g/mol. The Morgan fingerprint density at radius 1 is 1.08 bits per heavy atom. The summed E-state index contributed by atoms with van der Waals surface area (Å²) in [6, 6.07) is 6.76. The number of nitrogens with zero attached hydrogens (tertiary/aromatic N) is 1. The lowest BCUT2D eigenvalue weighted by Crippen LogP contribution is -2.40. The predicted octanol–water partition coefficient (Wildman–Crippen LogP) is 1.57. The number of nitrogens with one attached hydrogen (secondary N) is 2. The number of morpholine rings is 1. The van der Waals surface area contributed by atoms with E-state index >= 15 is 0 Å². The number of sulfonamides is 1. The molecule has 1 saturated heterocycles. The van der Waals surface area contributed by atoms with E-state index in [9.17, 15) is 13.2 Å². The quantitative estimate of drug-likeness (QED) is 0.781. The van der Waals surface area contributed by atoms with Gasteiger partial charge in [0.2, 0.25) is 15.9 Å². The summed E-state index contributed by atoms with van der Waals surface area (Å²) in [5.41, 5.74) is 0.598. The molecule has 0 spiro atoms. The molecule has 7 nitrogen and oxygen atoms in total. The third-order valence-corrected chi connectivity index (χ3v) is 6.82. The number of carbonyl (C=O) groups excluding carboxylic acids is 1. The zero-order valence-corrected chi connectivity index (χ0v) is 15.8. The summed E-state index contributed by atoms with van der Waals surface area (Å²) in [6.07, 6.45) is 5.98. The van der Waals surface area contributed by atoms with Gasteiger partial charge in [0.1, 0.15) is 0 Å². The van der Waals surface area contributed by atoms with Gasteiger partial charge in [-0.25, -0.2) is 8.42 Å². The Labute approximate surface area is 155 Å². The van der Waals surface area contributed by atoms with Crippen molar-refractivity contribution in [1.29, 1.82) is 0 Å². The minimum atomic E-state index is -3.50. The van der Waals surface area contributed by atoms with Crippen LogP contribution in [0.1, 0.15) is 32.1 Å². The predicted molar refractivity (Wildman–Crippen MR) is 99.5 cm³/mol. The minimum absolute atomic E-state index is 0.112. The van der Waals surface area contributed by atoms with Crippen LogP contribution in [-0.2, 0) is 19.6 Å². The molecule has 2 N–H and O–H groups in total. The Morgan fingerprint density at radius 3 is 2.38 bits per heavy atom. The van der Waals surface area contributed by atoms with E-state index in [0.29, 0.717) is 38.0 Å². The van der Waals surface area contributed by atoms with Gasteiger partial charge in [-0.2, -0.15) is 4.31 Å². The van der Waals surface area contributed by atoms with Gasteiger partial charge in [-0.15, -0.1) is 0 Å². The van der Waals surface area contributed by atoms with E-state index in [1.54, 1.807) is 12.1 Å². The first-order chi connectivity index (χ1) is 12.6. The van der Waals surface area contributed by atoms with Gasteiger partial charge in [0, 0.05) is 24.8 Å². The Bertz CT molecular complexity index is 694. The molecule has 1 aromatic carbocycles. The Kier molecular flexibility index (Phi) is 6.63. The highest BCUT2D eigenvalue weighted by atomic mass is 32.2. The molecule has 3 rings (SSSR count). The molecule has 1 aliphatic carbocycles. The molecule has 2 fully saturated rings. The number of anilines is 1. The van der Waals surface area contributed by atoms with Crippen LogP contribution in [0, 0.1) is 0 Å². The lowest BCUT2D eigenvalue weighted by molar-refractivity contribution is -0.115. The normalized spacial score (nSPS) is 20.0. The molecule has 1 aromatic rings. The largest absolute Gasteiger partial charge is 0.379 e. The van der Waals surface area contributed by atoms with Crippen molar-refractivity contribution in [3.05, 3.63) is 24.3 Å². The maximum Gasteiger partial charge on any atom is 0.243 e. The maximum absolute atomic E-state index is 12.6. The van der Waals surface area contributed by atoms with E-state index in [1.807, 2.05) is 0 Å². The molecule has 0 unspecified atom stereocenters. The highest BCUT2D eigenvalue weighted by Crippen LogP contribution is 2.20. The van der Waals surface area contributed by atoms with Gasteiger partial charge >= 0.3 is 0 Å². The standard InChI is InChI=1S/C18H27N3O4S/c22-18(14-19-15-4-2-1-3-5-15)20-16-6-8-17(9-7-16)26(23,24)21-10-12-25-13-11-21/h6-9,15,19H,1-5,10-14H2,(H,20,22). The summed E-state index contributed by atoms with van der Waals surface area (Å²) in [7, 11) is -3.50. The fraction of sp³-hybridized carbons (Fsp3) is 0.611. The van der Waals surface area contributed by atoms with Gasteiger partial charge in [-0.05, 0) is 37.1 Å². The number of hydrogen-bond acceptors (Lipinski definition) is 5. The fourth-order valence-electron chi connectivity index (χ4n) is 3.40. The van der Waals surface area contributed by atoms with Crippen molar-refractivity contribution in [2.24, 2.45) is 0 Å². The summed E-state index contributed by atoms with van der Waals surface area (Å²) in [5, 5.41) is 6.10. The molecule has 8 heteroatoms. The summed E-state index contributed by atoms with van der Waals surface area (Å²) in [4.78, 5) is 12.3. The van der Waals surface area contributed by atoms with Gasteiger partial charge in [0.05, 0.1) is 24.7 Å². The van der Waals surface area contributed by atoms with Crippen LogP contribution in [0.25, 0.3) is 0 Å². The zero-order valence-electron chi connectivity index (χ0n) is 14.9. The third-order valence-electron chi connectivity index (χ3n) is 4.90. The first kappa shape index (κ1) is 19.3. The number of carbonyl (C=O) groups is 1. The van der Waals surface area contributed by atoms with Crippen LogP contribution in [-0.4, -0.2) is 57.5 Å². The van der Waals surface area contributed by atoms with Gasteiger partial charge in [0.25, 0.3) is 0 Å². The van der Waals surface area contributed by atoms with Crippen LogP contribution in [0.15, 0.2) is 29.2 Å². The summed E-state index contributed by atoms with van der Waals surface area (Å²) in [5.74, 6) is -0.112. The molecule has 2 aliphatic rings. The second-order valence-corrected chi connectivity index (χ2v) is 8.74. The monoisotopic (exact) mass is 381 g/mol. The van der Waals surface area contributed by atoms with Crippen LogP contribution in [0.2, 0.25) is 0 Å². The molecule has 1 aliphatic heterocycles.